The van der Waals surface area contributed by atoms with Gasteiger partial charge in [0.1, 0.15) is 5.82 Å². The lowest BCUT2D eigenvalue weighted by molar-refractivity contribution is -0.120. The summed E-state index contributed by atoms with van der Waals surface area (Å²) < 4.78 is 13.5. The smallest absolute Gasteiger partial charge is 0.234 e. The molecule has 0 spiro atoms. The Morgan fingerprint density at radius 2 is 2.19 bits per heavy atom. The van der Waals surface area contributed by atoms with Crippen molar-refractivity contribution in [3.63, 3.8) is 0 Å². The minimum atomic E-state index is -0.324. The highest BCUT2D eigenvalue weighted by atomic mass is 79.9. The van der Waals surface area contributed by atoms with Crippen LogP contribution < -0.4 is 10.6 Å². The largest absolute Gasteiger partial charge is 0.351 e. The van der Waals surface area contributed by atoms with Crippen molar-refractivity contribution in [3.05, 3.63) is 34.1 Å². The van der Waals surface area contributed by atoms with E-state index in [1.54, 1.807) is 19.2 Å². The Hall–Kier alpha value is -0.650. The SMILES string of the molecule is CNCC(=O)NCc1ccc(Br)c(F)c1.Cl. The highest BCUT2D eigenvalue weighted by Gasteiger charge is 2.02. The van der Waals surface area contributed by atoms with Gasteiger partial charge < -0.3 is 10.6 Å². The first-order valence-electron chi connectivity index (χ1n) is 4.48. The number of carbonyl (C=O) groups is 1. The lowest BCUT2D eigenvalue weighted by atomic mass is 10.2. The second kappa shape index (κ2) is 7.60. The van der Waals surface area contributed by atoms with Crippen LogP contribution in [-0.2, 0) is 11.3 Å². The van der Waals surface area contributed by atoms with Gasteiger partial charge in [0, 0.05) is 6.54 Å². The summed E-state index contributed by atoms with van der Waals surface area (Å²) in [4.78, 5) is 11.1. The van der Waals surface area contributed by atoms with Crippen LogP contribution in [0.1, 0.15) is 5.56 Å². The number of carbonyl (C=O) groups excluding carboxylic acids is 1. The van der Waals surface area contributed by atoms with Crippen molar-refractivity contribution < 1.29 is 9.18 Å². The van der Waals surface area contributed by atoms with E-state index in [1.807, 2.05) is 0 Å². The molecule has 0 aliphatic rings. The summed E-state index contributed by atoms with van der Waals surface area (Å²) in [6.07, 6.45) is 0. The number of rotatable bonds is 4. The highest BCUT2D eigenvalue weighted by molar-refractivity contribution is 9.10. The number of likely N-dealkylation sites (N-methyl/N-ethyl adjacent to an activating group) is 1. The Balaban J connectivity index is 0.00000225. The molecule has 0 aromatic heterocycles. The molecule has 90 valence electrons. The van der Waals surface area contributed by atoms with Gasteiger partial charge in [-0.1, -0.05) is 6.07 Å². The van der Waals surface area contributed by atoms with Crippen LogP contribution in [0.2, 0.25) is 0 Å². The Morgan fingerprint density at radius 3 is 2.75 bits per heavy atom. The first-order chi connectivity index (χ1) is 7.13. The molecule has 3 nitrogen and oxygen atoms in total. The zero-order valence-corrected chi connectivity index (χ0v) is 11.1. The summed E-state index contributed by atoms with van der Waals surface area (Å²) in [5.74, 6) is -0.434. The molecule has 0 aliphatic heterocycles. The number of hydrogen-bond donors (Lipinski definition) is 2. The van der Waals surface area contributed by atoms with Crippen LogP contribution in [0.3, 0.4) is 0 Å². The summed E-state index contributed by atoms with van der Waals surface area (Å²) in [5, 5.41) is 5.39. The molecular weight excluding hydrogens is 298 g/mol. The predicted octanol–water partition coefficient (Wildman–Crippen LogP) is 1.85. The standard InChI is InChI=1S/C10H12BrFN2O.ClH/c1-13-6-10(15)14-5-7-2-3-8(11)9(12)4-7;/h2-4,13H,5-6H2,1H3,(H,14,15);1H. The fraction of sp³-hybridized carbons (Fsp3) is 0.300. The minimum Gasteiger partial charge on any atom is -0.351 e. The molecule has 16 heavy (non-hydrogen) atoms. The van der Waals surface area contributed by atoms with E-state index in [9.17, 15) is 9.18 Å². The molecule has 0 heterocycles. The highest BCUT2D eigenvalue weighted by Crippen LogP contribution is 2.16. The summed E-state index contributed by atoms with van der Waals surface area (Å²) >= 11 is 3.06. The van der Waals surface area contributed by atoms with Crippen molar-refractivity contribution in [2.24, 2.45) is 0 Å². The van der Waals surface area contributed by atoms with E-state index in [0.29, 0.717) is 11.0 Å². The van der Waals surface area contributed by atoms with E-state index >= 15 is 0 Å². The van der Waals surface area contributed by atoms with Gasteiger partial charge >= 0.3 is 0 Å². The monoisotopic (exact) mass is 310 g/mol. The summed E-state index contributed by atoms with van der Waals surface area (Å²) in [5.41, 5.74) is 0.736. The number of hydrogen-bond acceptors (Lipinski definition) is 2. The third-order valence-electron chi connectivity index (χ3n) is 1.81. The van der Waals surface area contributed by atoms with Crippen LogP contribution in [0.15, 0.2) is 22.7 Å². The average Bonchev–Trinajstić information content (AvgIpc) is 2.20. The molecule has 1 rings (SSSR count). The van der Waals surface area contributed by atoms with Gasteiger partial charge in [-0.15, -0.1) is 12.4 Å². The van der Waals surface area contributed by atoms with E-state index in [4.69, 9.17) is 0 Å². The molecule has 1 aromatic rings. The van der Waals surface area contributed by atoms with E-state index in [-0.39, 0.29) is 30.7 Å². The van der Waals surface area contributed by atoms with Crippen LogP contribution in [0.5, 0.6) is 0 Å². The maximum absolute atomic E-state index is 13.1. The molecule has 0 fully saturated rings. The minimum absolute atomic E-state index is 0. The quantitative estimate of drug-likeness (QED) is 0.891. The van der Waals surface area contributed by atoms with Gasteiger partial charge in [-0.3, -0.25) is 4.79 Å². The maximum atomic E-state index is 13.1. The Bertz CT molecular complexity index is 363. The molecule has 0 saturated carbocycles. The lowest BCUT2D eigenvalue weighted by Gasteiger charge is -2.05. The molecule has 0 atom stereocenters. The molecule has 1 amide bonds. The van der Waals surface area contributed by atoms with Crippen LogP contribution in [0, 0.1) is 5.82 Å². The van der Waals surface area contributed by atoms with Gasteiger partial charge in [0.2, 0.25) is 5.91 Å². The average molecular weight is 312 g/mol. The molecule has 0 radical (unpaired) electrons. The van der Waals surface area contributed by atoms with Crippen LogP contribution in [0.4, 0.5) is 4.39 Å². The van der Waals surface area contributed by atoms with Gasteiger partial charge in [0.05, 0.1) is 11.0 Å². The fourth-order valence-electron chi connectivity index (χ4n) is 1.07. The second-order valence-corrected chi connectivity index (χ2v) is 3.91. The lowest BCUT2D eigenvalue weighted by Crippen LogP contribution is -2.31. The van der Waals surface area contributed by atoms with Gasteiger partial charge in [-0.2, -0.15) is 0 Å². The van der Waals surface area contributed by atoms with Gasteiger partial charge in [-0.05, 0) is 40.7 Å². The first-order valence-corrected chi connectivity index (χ1v) is 5.28. The number of halogens is 3. The number of amides is 1. The van der Waals surface area contributed by atoms with Crippen molar-refractivity contribution in [1.29, 1.82) is 0 Å². The third-order valence-corrected chi connectivity index (χ3v) is 2.45. The van der Waals surface area contributed by atoms with Gasteiger partial charge in [0.25, 0.3) is 0 Å². The third kappa shape index (κ3) is 4.92. The first kappa shape index (κ1) is 15.3. The summed E-state index contributed by atoms with van der Waals surface area (Å²) in [6, 6.07) is 4.77. The van der Waals surface area contributed by atoms with Crippen molar-refractivity contribution in [1.82, 2.24) is 10.6 Å². The maximum Gasteiger partial charge on any atom is 0.234 e. The van der Waals surface area contributed by atoms with Gasteiger partial charge in [-0.25, -0.2) is 4.39 Å². The van der Waals surface area contributed by atoms with Crippen molar-refractivity contribution in [2.45, 2.75) is 6.54 Å². The molecule has 0 bridgehead atoms. The number of benzene rings is 1. The molecule has 6 heteroatoms. The Labute approximate surface area is 108 Å². The molecule has 0 saturated heterocycles. The van der Waals surface area contributed by atoms with E-state index < -0.39 is 0 Å². The second-order valence-electron chi connectivity index (χ2n) is 3.06. The van der Waals surface area contributed by atoms with E-state index in [0.717, 1.165) is 5.56 Å². The zero-order valence-electron chi connectivity index (χ0n) is 8.72. The van der Waals surface area contributed by atoms with Crippen LogP contribution >= 0.6 is 28.3 Å². The molecule has 1 aromatic carbocycles. The predicted molar refractivity (Wildman–Crippen MR) is 67.1 cm³/mol. The van der Waals surface area contributed by atoms with E-state index in [2.05, 4.69) is 26.6 Å². The van der Waals surface area contributed by atoms with E-state index in [1.165, 1.54) is 6.07 Å². The molecule has 0 unspecified atom stereocenters. The number of nitrogens with one attached hydrogen (secondary N) is 2. The molecule has 2 N–H and O–H groups in total. The summed E-state index contributed by atoms with van der Waals surface area (Å²) in [7, 11) is 1.69. The van der Waals surface area contributed by atoms with Crippen molar-refractivity contribution in [2.75, 3.05) is 13.6 Å². The zero-order chi connectivity index (χ0) is 11.3. The normalized spacial score (nSPS) is 9.44. The molecule has 0 aliphatic carbocycles. The van der Waals surface area contributed by atoms with Crippen LogP contribution in [-0.4, -0.2) is 19.5 Å². The van der Waals surface area contributed by atoms with Crippen molar-refractivity contribution in [3.8, 4) is 0 Å². The fourth-order valence-corrected chi connectivity index (χ4v) is 1.32. The Kier molecular flexibility index (Phi) is 7.29. The summed E-state index contributed by atoms with van der Waals surface area (Å²) in [6.45, 7) is 0.601. The Morgan fingerprint density at radius 1 is 1.50 bits per heavy atom. The van der Waals surface area contributed by atoms with Crippen molar-refractivity contribution >= 4 is 34.2 Å². The molecular formula is C10H13BrClFN2O. The van der Waals surface area contributed by atoms with Crippen LogP contribution in [0.25, 0.3) is 0 Å². The topological polar surface area (TPSA) is 41.1 Å². The van der Waals surface area contributed by atoms with Gasteiger partial charge in [0.15, 0.2) is 0 Å².